The van der Waals surface area contributed by atoms with E-state index in [0.29, 0.717) is 36.6 Å². The number of sulfonamides is 1. The summed E-state index contributed by atoms with van der Waals surface area (Å²) >= 11 is 0. The van der Waals surface area contributed by atoms with Crippen molar-refractivity contribution in [2.75, 3.05) is 32.8 Å². The van der Waals surface area contributed by atoms with Crippen molar-refractivity contribution in [3.8, 4) is 0 Å². The summed E-state index contributed by atoms with van der Waals surface area (Å²) in [5, 5.41) is 0.576. The molecule has 1 atom stereocenters. The Hall–Kier alpha value is -1.74. The molecule has 8 heteroatoms. The Kier molecular flexibility index (Phi) is 6.87. The summed E-state index contributed by atoms with van der Waals surface area (Å²) in [4.78, 5) is 13.8. The van der Waals surface area contributed by atoms with Crippen LogP contribution in [0.15, 0.2) is 44.4 Å². The van der Waals surface area contributed by atoms with Crippen LogP contribution in [-0.2, 0) is 14.8 Å². The standard InChI is InChI=1S/C20H28N2O5S/c1-3-15(4-2)18(22-9-11-26-12-10-22)14-21-28(24,25)17-6-7-19-16(13-17)5-8-20(23)27-19/h5-8,13,15,18,21H,3-4,9-12,14H2,1-2H3/t18-/m1/s1. The lowest BCUT2D eigenvalue weighted by molar-refractivity contribution is 0.00297. The normalized spacial score (nSPS) is 17.2. The number of rotatable bonds is 8. The SMILES string of the molecule is CCC(CC)[C@@H](CNS(=O)(=O)c1ccc2oc(=O)ccc2c1)N1CCOCC1. The van der Waals surface area contributed by atoms with Crippen LogP contribution in [0.2, 0.25) is 0 Å². The van der Waals surface area contributed by atoms with Crippen molar-refractivity contribution in [2.45, 2.75) is 37.6 Å². The Morgan fingerprint density at radius 1 is 1.11 bits per heavy atom. The van der Waals surface area contributed by atoms with E-state index in [2.05, 4.69) is 23.5 Å². The number of ether oxygens (including phenoxy) is 1. The monoisotopic (exact) mass is 408 g/mol. The number of benzene rings is 1. The molecule has 0 radical (unpaired) electrons. The lowest BCUT2D eigenvalue weighted by atomic mass is 9.92. The molecule has 1 N–H and O–H groups in total. The van der Waals surface area contributed by atoms with E-state index in [-0.39, 0.29) is 10.9 Å². The molecule has 0 spiro atoms. The molecule has 0 unspecified atom stereocenters. The molecule has 7 nitrogen and oxygen atoms in total. The van der Waals surface area contributed by atoms with Gasteiger partial charge < -0.3 is 9.15 Å². The van der Waals surface area contributed by atoms with Crippen molar-refractivity contribution in [1.82, 2.24) is 9.62 Å². The summed E-state index contributed by atoms with van der Waals surface area (Å²) in [6.45, 7) is 7.64. The van der Waals surface area contributed by atoms with Crippen LogP contribution >= 0.6 is 0 Å². The maximum absolute atomic E-state index is 12.9. The lowest BCUT2D eigenvalue weighted by Crippen LogP contribution is -2.52. The number of nitrogens with zero attached hydrogens (tertiary/aromatic N) is 1. The van der Waals surface area contributed by atoms with E-state index in [1.807, 2.05) is 0 Å². The molecule has 0 amide bonds. The summed E-state index contributed by atoms with van der Waals surface area (Å²) < 4.78 is 39.1. The highest BCUT2D eigenvalue weighted by atomic mass is 32.2. The third-order valence-corrected chi connectivity index (χ3v) is 6.91. The Bertz CT molecular complexity index is 946. The molecule has 1 fully saturated rings. The fraction of sp³-hybridized carbons (Fsp3) is 0.550. The van der Waals surface area contributed by atoms with Crippen molar-refractivity contribution < 1.29 is 17.6 Å². The van der Waals surface area contributed by atoms with E-state index < -0.39 is 15.6 Å². The quantitative estimate of drug-likeness (QED) is 0.674. The van der Waals surface area contributed by atoms with Crippen LogP contribution < -0.4 is 10.3 Å². The molecule has 1 aliphatic rings. The van der Waals surface area contributed by atoms with Crippen molar-refractivity contribution in [3.63, 3.8) is 0 Å². The van der Waals surface area contributed by atoms with Crippen molar-refractivity contribution in [3.05, 3.63) is 40.8 Å². The van der Waals surface area contributed by atoms with Crippen molar-refractivity contribution in [2.24, 2.45) is 5.92 Å². The molecule has 1 aromatic carbocycles. The smallest absolute Gasteiger partial charge is 0.336 e. The zero-order chi connectivity index (χ0) is 20.1. The highest BCUT2D eigenvalue weighted by Gasteiger charge is 2.28. The van der Waals surface area contributed by atoms with Crippen LogP contribution in [0.5, 0.6) is 0 Å². The fourth-order valence-electron chi connectivity index (χ4n) is 3.83. The Morgan fingerprint density at radius 3 is 2.50 bits per heavy atom. The number of morpholine rings is 1. The third-order valence-electron chi connectivity index (χ3n) is 5.49. The minimum atomic E-state index is -3.67. The molecule has 2 aromatic rings. The van der Waals surface area contributed by atoms with E-state index >= 15 is 0 Å². The van der Waals surface area contributed by atoms with Gasteiger partial charge >= 0.3 is 5.63 Å². The molecule has 0 aliphatic carbocycles. The van der Waals surface area contributed by atoms with Crippen molar-refractivity contribution >= 4 is 21.0 Å². The van der Waals surface area contributed by atoms with Gasteiger partial charge in [0.25, 0.3) is 0 Å². The number of hydrogen-bond donors (Lipinski definition) is 1. The zero-order valence-corrected chi connectivity index (χ0v) is 17.2. The van der Waals surface area contributed by atoms with Gasteiger partial charge in [0, 0.05) is 37.1 Å². The van der Waals surface area contributed by atoms with E-state index in [9.17, 15) is 13.2 Å². The molecule has 1 aromatic heterocycles. The van der Waals surface area contributed by atoms with Crippen LogP contribution in [0.3, 0.4) is 0 Å². The second-order valence-corrected chi connectivity index (χ2v) is 8.87. The third kappa shape index (κ3) is 4.81. The van der Waals surface area contributed by atoms with Gasteiger partial charge in [0.15, 0.2) is 0 Å². The minimum Gasteiger partial charge on any atom is -0.423 e. The van der Waals surface area contributed by atoms with Gasteiger partial charge in [0.05, 0.1) is 18.1 Å². The zero-order valence-electron chi connectivity index (χ0n) is 16.4. The summed E-state index contributed by atoms with van der Waals surface area (Å²) in [7, 11) is -3.67. The van der Waals surface area contributed by atoms with Crippen molar-refractivity contribution in [1.29, 1.82) is 0 Å². The first-order valence-electron chi connectivity index (χ1n) is 9.80. The minimum absolute atomic E-state index is 0.132. The molecule has 0 saturated carbocycles. The maximum atomic E-state index is 12.9. The van der Waals surface area contributed by atoms with Gasteiger partial charge in [0.2, 0.25) is 10.0 Å². The molecular weight excluding hydrogens is 380 g/mol. The van der Waals surface area contributed by atoms with E-state index in [4.69, 9.17) is 9.15 Å². The fourth-order valence-corrected chi connectivity index (χ4v) is 4.92. The van der Waals surface area contributed by atoms with Crippen LogP contribution in [0, 0.1) is 5.92 Å². The molecule has 0 bridgehead atoms. The number of hydrogen-bond acceptors (Lipinski definition) is 6. The summed E-state index contributed by atoms with van der Waals surface area (Å²) in [5.74, 6) is 0.409. The maximum Gasteiger partial charge on any atom is 0.336 e. The lowest BCUT2D eigenvalue weighted by Gasteiger charge is -2.38. The molecule has 1 saturated heterocycles. The predicted molar refractivity (Wildman–Crippen MR) is 108 cm³/mol. The van der Waals surface area contributed by atoms with Crippen LogP contribution in [0.25, 0.3) is 11.0 Å². The molecule has 28 heavy (non-hydrogen) atoms. The van der Waals surface area contributed by atoms with E-state index in [1.54, 1.807) is 6.07 Å². The van der Waals surface area contributed by atoms with Gasteiger partial charge in [-0.15, -0.1) is 0 Å². The first-order valence-corrected chi connectivity index (χ1v) is 11.3. The largest absolute Gasteiger partial charge is 0.423 e. The first kappa shape index (κ1) is 21.0. The van der Waals surface area contributed by atoms with Gasteiger partial charge in [-0.1, -0.05) is 26.7 Å². The summed E-state index contributed by atoms with van der Waals surface area (Å²) in [6, 6.07) is 7.50. The Morgan fingerprint density at radius 2 is 1.82 bits per heavy atom. The van der Waals surface area contributed by atoms with Crippen LogP contribution in [0.4, 0.5) is 0 Å². The average molecular weight is 409 g/mol. The van der Waals surface area contributed by atoms with E-state index in [0.717, 1.165) is 25.9 Å². The molecule has 2 heterocycles. The molecule has 1 aliphatic heterocycles. The van der Waals surface area contributed by atoms with Crippen LogP contribution in [-0.4, -0.2) is 52.2 Å². The molecule has 3 rings (SSSR count). The number of fused-ring (bicyclic) bond motifs is 1. The summed E-state index contributed by atoms with van der Waals surface area (Å²) in [6.07, 6.45) is 1.99. The van der Waals surface area contributed by atoms with Gasteiger partial charge in [-0.25, -0.2) is 17.9 Å². The average Bonchev–Trinajstić information content (AvgIpc) is 2.71. The predicted octanol–water partition coefficient (Wildman–Crippen LogP) is 2.21. The highest BCUT2D eigenvalue weighted by Crippen LogP contribution is 2.21. The van der Waals surface area contributed by atoms with Gasteiger partial charge in [0.1, 0.15) is 5.58 Å². The van der Waals surface area contributed by atoms with Gasteiger partial charge in [-0.2, -0.15) is 0 Å². The molecular formula is C20H28N2O5S. The first-order chi connectivity index (χ1) is 13.4. The Balaban J connectivity index is 1.79. The summed E-state index contributed by atoms with van der Waals surface area (Å²) in [5.41, 5.74) is -0.0885. The molecule has 154 valence electrons. The van der Waals surface area contributed by atoms with Crippen LogP contribution in [0.1, 0.15) is 26.7 Å². The van der Waals surface area contributed by atoms with Gasteiger partial charge in [-0.05, 0) is 30.2 Å². The van der Waals surface area contributed by atoms with Gasteiger partial charge in [-0.3, -0.25) is 4.90 Å². The topological polar surface area (TPSA) is 88.8 Å². The highest BCUT2D eigenvalue weighted by molar-refractivity contribution is 7.89. The van der Waals surface area contributed by atoms with E-state index in [1.165, 1.54) is 24.3 Å². The second kappa shape index (κ2) is 9.17. The second-order valence-electron chi connectivity index (χ2n) is 7.10. The Labute approximate surface area is 165 Å². The number of nitrogens with one attached hydrogen (secondary N) is 1.